The van der Waals surface area contributed by atoms with Gasteiger partial charge in [0.25, 0.3) is 0 Å². The normalized spacial score (nSPS) is 20.9. The second-order valence-electron chi connectivity index (χ2n) is 7.47. The maximum Gasteiger partial charge on any atom is 0.317 e. The molecule has 0 unspecified atom stereocenters. The lowest BCUT2D eigenvalue weighted by Crippen LogP contribution is -2.52. The van der Waals surface area contributed by atoms with Gasteiger partial charge in [-0.2, -0.15) is 0 Å². The van der Waals surface area contributed by atoms with Gasteiger partial charge < -0.3 is 15.1 Å². The summed E-state index contributed by atoms with van der Waals surface area (Å²) in [4.78, 5) is 28.4. The Morgan fingerprint density at radius 2 is 1.88 bits per heavy atom. The number of aryl methyl sites for hydroxylation is 3. The van der Waals surface area contributed by atoms with E-state index in [0.29, 0.717) is 19.5 Å². The number of benzene rings is 1. The number of carbonyl (C=O) groups excluding carboxylic acids is 2. The maximum absolute atomic E-state index is 12.6. The fraction of sp³-hybridized carbons (Fsp3) is 0.600. The van der Waals surface area contributed by atoms with Crippen LogP contribution in [0.3, 0.4) is 0 Å². The van der Waals surface area contributed by atoms with Crippen LogP contribution < -0.4 is 5.32 Å². The molecular formula is C20H29N3O2. The fourth-order valence-electron chi connectivity index (χ4n) is 4.21. The summed E-state index contributed by atoms with van der Waals surface area (Å²) in [5.41, 5.74) is 4.88. The van der Waals surface area contributed by atoms with Gasteiger partial charge in [-0.25, -0.2) is 4.79 Å². The van der Waals surface area contributed by atoms with Crippen LogP contribution in [-0.2, 0) is 11.3 Å². The standard InChI is InChI=1S/C20H29N3O2/c1-14-10-15(2)18(16(3)11-14)12-21-20(25)22-8-4-6-17(13-22)23-9-5-7-19(23)24/h10-11,17H,4-9,12-13H2,1-3H3,(H,21,25)/t17-/m1/s1. The molecule has 0 radical (unpaired) electrons. The topological polar surface area (TPSA) is 52.7 Å². The molecule has 1 N–H and O–H groups in total. The number of carbonyl (C=O) groups is 2. The molecule has 0 bridgehead atoms. The zero-order valence-corrected chi connectivity index (χ0v) is 15.6. The maximum atomic E-state index is 12.6. The van der Waals surface area contributed by atoms with E-state index in [1.807, 2.05) is 9.80 Å². The molecule has 2 heterocycles. The molecule has 2 aliphatic rings. The second kappa shape index (κ2) is 7.46. The van der Waals surface area contributed by atoms with Gasteiger partial charge >= 0.3 is 6.03 Å². The Morgan fingerprint density at radius 1 is 1.16 bits per heavy atom. The monoisotopic (exact) mass is 343 g/mol. The van der Waals surface area contributed by atoms with E-state index >= 15 is 0 Å². The molecular weight excluding hydrogens is 314 g/mol. The SMILES string of the molecule is Cc1cc(C)c(CNC(=O)N2CCC[C@@H](N3CCCC3=O)C2)c(C)c1. The van der Waals surface area contributed by atoms with Gasteiger partial charge in [-0.15, -0.1) is 0 Å². The Hall–Kier alpha value is -2.04. The van der Waals surface area contributed by atoms with Crippen molar-refractivity contribution in [2.75, 3.05) is 19.6 Å². The summed E-state index contributed by atoms with van der Waals surface area (Å²) >= 11 is 0. The van der Waals surface area contributed by atoms with Crippen LogP contribution in [-0.4, -0.2) is 47.4 Å². The molecule has 136 valence electrons. The van der Waals surface area contributed by atoms with E-state index in [-0.39, 0.29) is 18.0 Å². The third-order valence-corrected chi connectivity index (χ3v) is 5.49. The van der Waals surface area contributed by atoms with Gasteiger partial charge in [-0.3, -0.25) is 4.79 Å². The van der Waals surface area contributed by atoms with E-state index in [1.54, 1.807) is 0 Å². The van der Waals surface area contributed by atoms with Gasteiger partial charge in [0.2, 0.25) is 5.91 Å². The third-order valence-electron chi connectivity index (χ3n) is 5.49. The minimum atomic E-state index is -0.0179. The van der Waals surface area contributed by atoms with Crippen molar-refractivity contribution in [3.05, 3.63) is 34.4 Å². The summed E-state index contributed by atoms with van der Waals surface area (Å²) in [6, 6.07) is 4.49. The predicted octanol–water partition coefficient (Wildman–Crippen LogP) is 2.91. The Morgan fingerprint density at radius 3 is 2.52 bits per heavy atom. The first-order valence-corrected chi connectivity index (χ1v) is 9.34. The van der Waals surface area contributed by atoms with Crippen molar-refractivity contribution in [3.63, 3.8) is 0 Å². The molecule has 1 aromatic rings. The Kier molecular flexibility index (Phi) is 5.30. The molecule has 2 fully saturated rings. The van der Waals surface area contributed by atoms with Gasteiger partial charge in [0.05, 0.1) is 0 Å². The van der Waals surface area contributed by atoms with E-state index in [9.17, 15) is 9.59 Å². The Labute approximate surface area is 150 Å². The third kappa shape index (κ3) is 3.97. The first kappa shape index (κ1) is 17.8. The van der Waals surface area contributed by atoms with Crippen molar-refractivity contribution in [2.24, 2.45) is 0 Å². The van der Waals surface area contributed by atoms with Crippen LogP contribution in [0.5, 0.6) is 0 Å². The average Bonchev–Trinajstić information content (AvgIpc) is 3.00. The highest BCUT2D eigenvalue weighted by Crippen LogP contribution is 2.22. The molecule has 5 heteroatoms. The van der Waals surface area contributed by atoms with Crippen molar-refractivity contribution in [2.45, 2.75) is 59.0 Å². The minimum absolute atomic E-state index is 0.0179. The summed E-state index contributed by atoms with van der Waals surface area (Å²) in [7, 11) is 0. The molecule has 0 aliphatic carbocycles. The van der Waals surface area contributed by atoms with Crippen LogP contribution in [0.1, 0.15) is 47.9 Å². The summed E-state index contributed by atoms with van der Waals surface area (Å²) in [5, 5.41) is 3.08. The summed E-state index contributed by atoms with van der Waals surface area (Å²) in [6.07, 6.45) is 3.58. The zero-order valence-electron chi connectivity index (χ0n) is 15.6. The Balaban J connectivity index is 1.59. The quantitative estimate of drug-likeness (QED) is 0.917. The summed E-state index contributed by atoms with van der Waals surface area (Å²) in [5.74, 6) is 0.248. The number of piperidine rings is 1. The highest BCUT2D eigenvalue weighted by Gasteiger charge is 2.32. The number of urea groups is 1. The molecule has 1 atom stereocenters. The molecule has 2 aliphatic heterocycles. The molecule has 1 aromatic carbocycles. The van der Waals surface area contributed by atoms with E-state index in [4.69, 9.17) is 0 Å². The molecule has 3 rings (SSSR count). The molecule has 0 aromatic heterocycles. The first-order chi connectivity index (χ1) is 12.0. The number of nitrogens with zero attached hydrogens (tertiary/aromatic N) is 2. The lowest BCUT2D eigenvalue weighted by atomic mass is 10.00. The molecule has 25 heavy (non-hydrogen) atoms. The van der Waals surface area contributed by atoms with Crippen LogP contribution in [0.25, 0.3) is 0 Å². The molecule has 2 saturated heterocycles. The molecule has 5 nitrogen and oxygen atoms in total. The molecule has 3 amide bonds. The number of hydrogen-bond donors (Lipinski definition) is 1. The van der Waals surface area contributed by atoms with Gasteiger partial charge in [-0.05, 0) is 56.7 Å². The fourth-order valence-corrected chi connectivity index (χ4v) is 4.21. The van der Waals surface area contributed by atoms with Gasteiger partial charge in [0.15, 0.2) is 0 Å². The largest absolute Gasteiger partial charge is 0.338 e. The van der Waals surface area contributed by atoms with Gasteiger partial charge in [0, 0.05) is 38.6 Å². The van der Waals surface area contributed by atoms with Crippen LogP contribution in [0.15, 0.2) is 12.1 Å². The van der Waals surface area contributed by atoms with Crippen molar-refractivity contribution in [1.29, 1.82) is 0 Å². The van der Waals surface area contributed by atoms with Crippen LogP contribution in [0, 0.1) is 20.8 Å². The van der Waals surface area contributed by atoms with Crippen LogP contribution in [0.4, 0.5) is 4.79 Å². The molecule has 0 spiro atoms. The predicted molar refractivity (Wildman–Crippen MR) is 98.4 cm³/mol. The lowest BCUT2D eigenvalue weighted by Gasteiger charge is -2.37. The number of rotatable bonds is 3. The smallest absolute Gasteiger partial charge is 0.317 e. The zero-order chi connectivity index (χ0) is 18.0. The minimum Gasteiger partial charge on any atom is -0.338 e. The van der Waals surface area contributed by atoms with Crippen LogP contribution >= 0.6 is 0 Å². The number of nitrogens with one attached hydrogen (secondary N) is 1. The van der Waals surface area contributed by atoms with Crippen molar-refractivity contribution in [1.82, 2.24) is 15.1 Å². The second-order valence-corrected chi connectivity index (χ2v) is 7.47. The highest BCUT2D eigenvalue weighted by molar-refractivity contribution is 5.79. The lowest BCUT2D eigenvalue weighted by molar-refractivity contribution is -0.130. The summed E-state index contributed by atoms with van der Waals surface area (Å²) in [6.45, 7) is 9.12. The van der Waals surface area contributed by atoms with Crippen molar-refractivity contribution in [3.8, 4) is 0 Å². The Bertz CT molecular complexity index is 648. The van der Waals surface area contributed by atoms with E-state index in [1.165, 1.54) is 22.3 Å². The van der Waals surface area contributed by atoms with Crippen LogP contribution in [0.2, 0.25) is 0 Å². The van der Waals surface area contributed by atoms with E-state index < -0.39 is 0 Å². The van der Waals surface area contributed by atoms with Gasteiger partial charge in [-0.1, -0.05) is 17.7 Å². The van der Waals surface area contributed by atoms with E-state index in [0.717, 1.165) is 32.4 Å². The number of likely N-dealkylation sites (tertiary alicyclic amines) is 2. The number of amides is 3. The summed E-state index contributed by atoms with van der Waals surface area (Å²) < 4.78 is 0. The molecule has 0 saturated carbocycles. The highest BCUT2D eigenvalue weighted by atomic mass is 16.2. The van der Waals surface area contributed by atoms with E-state index in [2.05, 4.69) is 38.2 Å². The van der Waals surface area contributed by atoms with Gasteiger partial charge in [0.1, 0.15) is 0 Å². The van der Waals surface area contributed by atoms with Crippen molar-refractivity contribution >= 4 is 11.9 Å². The average molecular weight is 343 g/mol. The first-order valence-electron chi connectivity index (χ1n) is 9.34. The number of hydrogen-bond acceptors (Lipinski definition) is 2. The van der Waals surface area contributed by atoms with Crippen molar-refractivity contribution < 1.29 is 9.59 Å².